The van der Waals surface area contributed by atoms with Gasteiger partial charge in [-0.25, -0.2) is 4.39 Å². The first-order chi connectivity index (χ1) is 16.2. The summed E-state index contributed by atoms with van der Waals surface area (Å²) in [4.78, 5) is 5.85. The summed E-state index contributed by atoms with van der Waals surface area (Å²) < 4.78 is 24.8. The third-order valence-corrected chi connectivity index (χ3v) is 6.72. The number of benzene rings is 3. The van der Waals surface area contributed by atoms with E-state index in [0.29, 0.717) is 11.7 Å². The maximum Gasteiger partial charge on any atom is 0.231 e. The van der Waals surface area contributed by atoms with Crippen LogP contribution in [0.2, 0.25) is 0 Å². The highest BCUT2D eigenvalue weighted by atomic mass is 32.1. The lowest BCUT2D eigenvalue weighted by molar-refractivity contribution is 0.174. The molecule has 3 aromatic carbocycles. The van der Waals surface area contributed by atoms with Crippen molar-refractivity contribution in [1.82, 2.24) is 15.2 Å². The molecular formula is C26H22FN3O2S. The van der Waals surface area contributed by atoms with Crippen LogP contribution in [-0.2, 0) is 13.0 Å². The van der Waals surface area contributed by atoms with Crippen LogP contribution in [-0.4, -0.2) is 28.3 Å². The van der Waals surface area contributed by atoms with Crippen molar-refractivity contribution in [3.8, 4) is 11.5 Å². The summed E-state index contributed by atoms with van der Waals surface area (Å²) in [5.74, 6) is 1.25. The molecule has 0 bridgehead atoms. The normalized spacial score (nSPS) is 16.6. The second kappa shape index (κ2) is 8.08. The number of hydrogen-bond donors (Lipinski definition) is 2. The Labute approximate surface area is 196 Å². The van der Waals surface area contributed by atoms with Crippen molar-refractivity contribution in [2.24, 2.45) is 0 Å². The van der Waals surface area contributed by atoms with Crippen molar-refractivity contribution in [2.75, 3.05) is 13.3 Å². The van der Waals surface area contributed by atoms with Gasteiger partial charge in [-0.15, -0.1) is 0 Å². The number of nitrogens with one attached hydrogen (secondary N) is 2. The Morgan fingerprint density at radius 1 is 1.06 bits per heavy atom. The zero-order valence-electron chi connectivity index (χ0n) is 17.8. The molecule has 1 aromatic heterocycles. The van der Waals surface area contributed by atoms with Gasteiger partial charge >= 0.3 is 0 Å². The Morgan fingerprint density at radius 3 is 2.85 bits per heavy atom. The fourth-order valence-corrected chi connectivity index (χ4v) is 5.08. The number of aromatic amines is 1. The second-order valence-corrected chi connectivity index (χ2v) is 8.70. The number of para-hydroxylation sites is 1. The third-order valence-electron chi connectivity index (χ3n) is 6.34. The fourth-order valence-electron chi connectivity index (χ4n) is 4.82. The van der Waals surface area contributed by atoms with Gasteiger partial charge < -0.3 is 24.7 Å². The van der Waals surface area contributed by atoms with Gasteiger partial charge in [-0.05, 0) is 65.7 Å². The molecule has 0 fully saturated rings. The van der Waals surface area contributed by atoms with Crippen LogP contribution < -0.4 is 14.8 Å². The van der Waals surface area contributed by atoms with Crippen LogP contribution in [0, 0.1) is 5.82 Å². The van der Waals surface area contributed by atoms with Gasteiger partial charge in [0, 0.05) is 29.7 Å². The van der Waals surface area contributed by atoms with E-state index < -0.39 is 0 Å². The first-order valence-electron chi connectivity index (χ1n) is 11.0. The monoisotopic (exact) mass is 459 g/mol. The first kappa shape index (κ1) is 20.1. The van der Waals surface area contributed by atoms with Crippen LogP contribution in [0.1, 0.15) is 28.4 Å². The molecule has 2 aliphatic rings. The molecule has 0 radical (unpaired) electrons. The quantitative estimate of drug-likeness (QED) is 0.420. The molecule has 0 saturated carbocycles. The maximum atomic E-state index is 13.6. The van der Waals surface area contributed by atoms with Gasteiger partial charge in [0.15, 0.2) is 16.6 Å². The van der Waals surface area contributed by atoms with E-state index in [4.69, 9.17) is 21.7 Å². The summed E-state index contributed by atoms with van der Waals surface area (Å²) in [6, 6.07) is 20.9. The average Bonchev–Trinajstić information content (AvgIpc) is 3.46. The standard InChI is InChI=1S/C26H22FN3O2S/c27-18-5-3-4-16(12-18)14-28-26(33)30-11-10-20-19-6-1-2-7-21(19)29-24(20)25(30)17-8-9-22-23(13-17)32-15-31-22/h1-9,12-13,25,29H,10-11,14-15H2,(H,28,33)/t25-/m1/s1. The first-order valence-corrected chi connectivity index (χ1v) is 11.4. The molecule has 6 rings (SSSR count). The van der Waals surface area contributed by atoms with Gasteiger partial charge in [-0.2, -0.15) is 0 Å². The Morgan fingerprint density at radius 2 is 1.94 bits per heavy atom. The van der Waals surface area contributed by atoms with Crippen molar-refractivity contribution in [3.05, 3.63) is 94.9 Å². The number of nitrogens with zero attached hydrogens (tertiary/aromatic N) is 1. The molecule has 0 saturated heterocycles. The molecule has 1 atom stereocenters. The van der Waals surface area contributed by atoms with Crippen molar-refractivity contribution < 1.29 is 13.9 Å². The third kappa shape index (κ3) is 3.58. The van der Waals surface area contributed by atoms with Crippen LogP contribution in [0.3, 0.4) is 0 Å². The molecule has 33 heavy (non-hydrogen) atoms. The Kier molecular flexibility index (Phi) is 4.91. The van der Waals surface area contributed by atoms with E-state index in [-0.39, 0.29) is 18.7 Å². The molecule has 2 N–H and O–H groups in total. The number of rotatable bonds is 3. The van der Waals surface area contributed by atoms with E-state index in [0.717, 1.165) is 46.8 Å². The average molecular weight is 460 g/mol. The van der Waals surface area contributed by atoms with E-state index in [1.54, 1.807) is 6.07 Å². The SMILES string of the molecule is Fc1cccc(CNC(=S)N2CCc3c([nH]c4ccccc34)[C@H]2c2ccc3c(c2)OCO3)c1. The van der Waals surface area contributed by atoms with E-state index in [1.165, 1.54) is 23.1 Å². The highest BCUT2D eigenvalue weighted by Gasteiger charge is 2.34. The van der Waals surface area contributed by atoms with E-state index in [2.05, 4.69) is 39.5 Å². The molecule has 0 amide bonds. The molecule has 0 aliphatic carbocycles. The summed E-state index contributed by atoms with van der Waals surface area (Å²) in [6.07, 6.45) is 0.877. The van der Waals surface area contributed by atoms with Gasteiger partial charge in [0.1, 0.15) is 5.82 Å². The number of thiocarbonyl (C=S) groups is 1. The largest absolute Gasteiger partial charge is 0.454 e. The summed E-state index contributed by atoms with van der Waals surface area (Å²) in [5.41, 5.74) is 5.49. The van der Waals surface area contributed by atoms with Gasteiger partial charge in [-0.3, -0.25) is 0 Å². The van der Waals surface area contributed by atoms with E-state index >= 15 is 0 Å². The summed E-state index contributed by atoms with van der Waals surface area (Å²) in [5, 5.41) is 5.21. The predicted octanol–water partition coefficient (Wildman–Crippen LogP) is 5.06. The zero-order valence-corrected chi connectivity index (χ0v) is 18.6. The van der Waals surface area contributed by atoms with Gasteiger partial charge in [0.2, 0.25) is 6.79 Å². The number of aromatic nitrogens is 1. The minimum atomic E-state index is -0.251. The molecule has 166 valence electrons. The lowest BCUT2D eigenvalue weighted by atomic mass is 9.92. The lowest BCUT2D eigenvalue weighted by Gasteiger charge is -2.38. The van der Waals surface area contributed by atoms with Crippen molar-refractivity contribution in [2.45, 2.75) is 19.0 Å². The highest BCUT2D eigenvalue weighted by Crippen LogP contribution is 2.42. The number of ether oxygens (including phenoxy) is 2. The maximum absolute atomic E-state index is 13.6. The summed E-state index contributed by atoms with van der Waals surface area (Å²) >= 11 is 5.84. The predicted molar refractivity (Wildman–Crippen MR) is 129 cm³/mol. The van der Waals surface area contributed by atoms with Crippen LogP contribution in [0.15, 0.2) is 66.7 Å². The minimum Gasteiger partial charge on any atom is -0.454 e. The van der Waals surface area contributed by atoms with Crippen LogP contribution in [0.4, 0.5) is 4.39 Å². The topological polar surface area (TPSA) is 49.5 Å². The molecule has 0 spiro atoms. The van der Waals surface area contributed by atoms with Gasteiger partial charge in [-0.1, -0.05) is 36.4 Å². The van der Waals surface area contributed by atoms with Crippen molar-refractivity contribution in [1.29, 1.82) is 0 Å². The van der Waals surface area contributed by atoms with Crippen LogP contribution >= 0.6 is 12.2 Å². The fraction of sp³-hybridized carbons (Fsp3) is 0.192. The number of hydrogen-bond acceptors (Lipinski definition) is 3. The Hall–Kier alpha value is -3.58. The summed E-state index contributed by atoms with van der Waals surface area (Å²) in [6.45, 7) is 1.46. The van der Waals surface area contributed by atoms with Crippen molar-refractivity contribution in [3.63, 3.8) is 0 Å². The van der Waals surface area contributed by atoms with Crippen molar-refractivity contribution >= 4 is 28.2 Å². The zero-order chi connectivity index (χ0) is 22.4. The molecule has 2 aliphatic heterocycles. The van der Waals surface area contributed by atoms with E-state index in [1.807, 2.05) is 24.3 Å². The molecule has 0 unspecified atom stereocenters. The van der Waals surface area contributed by atoms with E-state index in [9.17, 15) is 4.39 Å². The molecule has 3 heterocycles. The number of fused-ring (bicyclic) bond motifs is 4. The minimum absolute atomic E-state index is 0.108. The van der Waals surface area contributed by atoms with Gasteiger partial charge in [0.05, 0.1) is 6.04 Å². The van der Waals surface area contributed by atoms with Gasteiger partial charge in [0.25, 0.3) is 0 Å². The molecule has 7 heteroatoms. The molecule has 4 aromatic rings. The second-order valence-electron chi connectivity index (χ2n) is 8.31. The summed E-state index contributed by atoms with van der Waals surface area (Å²) in [7, 11) is 0. The highest BCUT2D eigenvalue weighted by molar-refractivity contribution is 7.80. The molecule has 5 nitrogen and oxygen atoms in total. The number of halogens is 1. The Bertz CT molecular complexity index is 1370. The Balaban J connectivity index is 1.37. The van der Waals surface area contributed by atoms with Crippen LogP contribution in [0.5, 0.6) is 11.5 Å². The smallest absolute Gasteiger partial charge is 0.231 e. The van der Waals surface area contributed by atoms with Crippen LogP contribution in [0.25, 0.3) is 10.9 Å². The number of H-pyrrole nitrogens is 1. The lowest BCUT2D eigenvalue weighted by Crippen LogP contribution is -2.45. The molecular weight excluding hydrogens is 437 g/mol.